The van der Waals surface area contributed by atoms with Crippen molar-refractivity contribution < 1.29 is 9.84 Å². The van der Waals surface area contributed by atoms with Crippen LogP contribution < -0.4 is 0 Å². The normalized spacial score (nSPS) is 12.2. The molecule has 0 aromatic carbocycles. The zero-order chi connectivity index (χ0) is 7.28. The summed E-state index contributed by atoms with van der Waals surface area (Å²) in [6.45, 7) is 1.94. The highest BCUT2D eigenvalue weighted by Gasteiger charge is 1.95. The molecule has 4 nitrogen and oxygen atoms in total. The molecule has 0 fully saturated rings. The Morgan fingerprint density at radius 3 is 2.78 bits per heavy atom. The molecule has 0 aliphatic carbocycles. The molecule has 0 amide bonds. The number of rotatable bonds is 3. The van der Waals surface area contributed by atoms with E-state index in [-0.39, 0.29) is 6.61 Å². The van der Waals surface area contributed by atoms with Gasteiger partial charge in [0, 0.05) is 0 Å². The Morgan fingerprint density at radius 2 is 2.44 bits per heavy atom. The predicted octanol–water partition coefficient (Wildman–Crippen LogP) is 1.97. The van der Waals surface area contributed by atoms with Crippen molar-refractivity contribution >= 4 is 11.6 Å². The van der Waals surface area contributed by atoms with Crippen LogP contribution in [0.5, 0.6) is 0 Å². The molecule has 0 aromatic heterocycles. The molecule has 0 unspecified atom stereocenters. The maximum absolute atomic E-state index is 8.59. The number of hydrogen-bond donors (Lipinski definition) is 1. The van der Waals surface area contributed by atoms with Gasteiger partial charge in [-0.05, 0) is 6.92 Å². The minimum atomic E-state index is -0.568. The molecule has 0 saturated heterocycles. The molecule has 0 aromatic rings. The van der Waals surface area contributed by atoms with Crippen LogP contribution in [0.15, 0.2) is 16.2 Å². The number of aliphatic hydroxyl groups excluding tert-OH is 1. The summed E-state index contributed by atoms with van der Waals surface area (Å²) in [6, 6.07) is 0. The van der Waals surface area contributed by atoms with E-state index in [0.29, 0.717) is 0 Å². The van der Waals surface area contributed by atoms with E-state index in [0.717, 1.165) is 0 Å². The van der Waals surface area contributed by atoms with Gasteiger partial charge >= 0.3 is 5.95 Å². The Labute approximate surface area is 57.6 Å². The van der Waals surface area contributed by atoms with Gasteiger partial charge in [0.1, 0.15) is 0 Å². The third-order valence-electron chi connectivity index (χ3n) is 0.545. The lowest BCUT2D eigenvalue weighted by atomic mass is 10.8. The summed E-state index contributed by atoms with van der Waals surface area (Å²) in [7, 11) is 0. The first kappa shape index (κ1) is 8.23. The van der Waals surface area contributed by atoms with E-state index in [9.17, 15) is 0 Å². The summed E-state index contributed by atoms with van der Waals surface area (Å²) >= 11 is 5.08. The fourth-order valence-electron chi connectivity index (χ4n) is 0.239. The van der Waals surface area contributed by atoms with Gasteiger partial charge in [-0.3, -0.25) is 0 Å². The van der Waals surface area contributed by atoms with Crippen LogP contribution in [-0.2, 0) is 4.74 Å². The Morgan fingerprint density at radius 1 is 1.89 bits per heavy atom. The molecule has 0 aliphatic rings. The number of ether oxygens (including phenoxy) is 1. The maximum atomic E-state index is 8.59. The van der Waals surface area contributed by atoms with Crippen LogP contribution >= 0.6 is 11.6 Å². The minimum Gasteiger partial charge on any atom is -0.705 e. The van der Waals surface area contributed by atoms with Crippen molar-refractivity contribution in [3.8, 4) is 0 Å². The van der Waals surface area contributed by atoms with E-state index in [1.807, 2.05) is 0 Å². The van der Waals surface area contributed by atoms with Gasteiger partial charge in [0.2, 0.25) is 0 Å². The van der Waals surface area contributed by atoms with Crippen molar-refractivity contribution in [2.75, 3.05) is 6.61 Å². The van der Waals surface area contributed by atoms with Crippen molar-refractivity contribution in [1.82, 2.24) is 0 Å². The quantitative estimate of drug-likeness (QED) is 0.379. The molecule has 0 aliphatic heterocycles. The first-order chi connectivity index (χ1) is 4.22. The summed E-state index contributed by atoms with van der Waals surface area (Å²) in [6.07, 6.45) is 0. The highest BCUT2D eigenvalue weighted by atomic mass is 35.5. The molecule has 0 atom stereocenters. The maximum Gasteiger partial charge on any atom is 0.314 e. The zero-order valence-electron chi connectivity index (χ0n) is 4.83. The fraction of sp³-hybridized carbons (Fsp3) is 0.500. The zero-order valence-corrected chi connectivity index (χ0v) is 5.59. The predicted molar refractivity (Wildman–Crippen MR) is 32.9 cm³/mol. The summed E-state index contributed by atoms with van der Waals surface area (Å²) in [5.41, 5.74) is 7.93. The second-order valence-corrected chi connectivity index (χ2v) is 1.49. The van der Waals surface area contributed by atoms with Gasteiger partial charge in [-0.15, -0.1) is 0 Å². The van der Waals surface area contributed by atoms with Crippen molar-refractivity contribution in [3.63, 3.8) is 0 Å². The average Bonchev–Trinajstić information content (AvgIpc) is 1.87. The van der Waals surface area contributed by atoms with E-state index < -0.39 is 11.1 Å². The van der Waals surface area contributed by atoms with Gasteiger partial charge in [-0.1, -0.05) is 11.6 Å². The molecule has 1 N–H and O–H groups in total. The third kappa shape index (κ3) is 2.92. The lowest BCUT2D eigenvalue weighted by molar-refractivity contribution is 0.0999. The van der Waals surface area contributed by atoms with Crippen molar-refractivity contribution in [2.24, 2.45) is 5.11 Å². The van der Waals surface area contributed by atoms with E-state index in [1.54, 1.807) is 6.92 Å². The van der Waals surface area contributed by atoms with Crippen LogP contribution in [0.1, 0.15) is 6.92 Å². The summed E-state index contributed by atoms with van der Waals surface area (Å²) < 4.78 is 4.44. The summed E-state index contributed by atoms with van der Waals surface area (Å²) in [5, 5.41) is 10.6. The van der Waals surface area contributed by atoms with Crippen molar-refractivity contribution in [1.29, 1.82) is 0 Å². The highest BCUT2D eigenvalue weighted by Crippen LogP contribution is 2.08. The number of aliphatic hydroxyl groups is 1. The first-order valence-corrected chi connectivity index (χ1v) is 2.66. The molecule has 0 rings (SSSR count). The molecular formula is C4H6ClN2O2-. The topological polar surface area (TPSA) is 64.1 Å². The summed E-state index contributed by atoms with van der Waals surface area (Å²) in [4.78, 5) is 0. The van der Waals surface area contributed by atoms with Gasteiger partial charge < -0.3 is 20.5 Å². The standard InChI is InChI=1S/C4H6ClN2O2/c1-2-9-4(8)3(5)7-6/h8H,2H2,1H3/q-1/b4-3-. The minimum absolute atomic E-state index is 0.275. The van der Waals surface area contributed by atoms with E-state index in [1.165, 1.54) is 0 Å². The Balaban J connectivity index is 3.93. The van der Waals surface area contributed by atoms with Gasteiger partial charge in [0.15, 0.2) is 5.16 Å². The van der Waals surface area contributed by atoms with E-state index >= 15 is 0 Å². The molecule has 52 valence electrons. The molecule has 0 saturated carbocycles. The molecule has 0 spiro atoms. The Hall–Kier alpha value is -0.770. The largest absolute Gasteiger partial charge is 0.705 e. The van der Waals surface area contributed by atoms with Crippen molar-refractivity contribution in [2.45, 2.75) is 6.92 Å². The van der Waals surface area contributed by atoms with Gasteiger partial charge in [-0.25, -0.2) is 0 Å². The van der Waals surface area contributed by atoms with Crippen molar-refractivity contribution in [3.05, 3.63) is 16.6 Å². The lowest BCUT2D eigenvalue weighted by Gasteiger charge is -2.00. The first-order valence-electron chi connectivity index (χ1n) is 2.29. The lowest BCUT2D eigenvalue weighted by Crippen LogP contribution is -1.90. The molecule has 0 radical (unpaired) electrons. The Kier molecular flexibility index (Phi) is 3.79. The SMILES string of the molecule is CCO/C(O)=C(/Cl)N=[N-]. The molecule has 0 bridgehead atoms. The number of hydrogen-bond acceptors (Lipinski definition) is 3. The van der Waals surface area contributed by atoms with Crippen LogP contribution in [-0.4, -0.2) is 11.7 Å². The summed E-state index contributed by atoms with van der Waals surface area (Å²) in [5.74, 6) is -0.568. The van der Waals surface area contributed by atoms with Gasteiger partial charge in [0.05, 0.1) is 6.61 Å². The molecule has 5 heteroatoms. The fourth-order valence-corrected chi connectivity index (χ4v) is 0.294. The highest BCUT2D eigenvalue weighted by molar-refractivity contribution is 6.29. The number of nitrogens with zero attached hydrogens (tertiary/aromatic N) is 2. The Bertz CT molecular complexity index is 135. The monoisotopic (exact) mass is 149 g/mol. The smallest absolute Gasteiger partial charge is 0.314 e. The van der Waals surface area contributed by atoms with Crippen LogP contribution in [0, 0.1) is 0 Å². The molecule has 0 heterocycles. The van der Waals surface area contributed by atoms with Gasteiger partial charge in [0.25, 0.3) is 0 Å². The second kappa shape index (κ2) is 4.14. The van der Waals surface area contributed by atoms with E-state index in [2.05, 4.69) is 9.85 Å². The van der Waals surface area contributed by atoms with Crippen LogP contribution in [0.25, 0.3) is 5.53 Å². The molecule has 9 heavy (non-hydrogen) atoms. The van der Waals surface area contributed by atoms with Crippen LogP contribution in [0.4, 0.5) is 0 Å². The van der Waals surface area contributed by atoms with Crippen LogP contribution in [0.3, 0.4) is 0 Å². The average molecular weight is 150 g/mol. The van der Waals surface area contributed by atoms with Gasteiger partial charge in [-0.2, -0.15) is 0 Å². The third-order valence-corrected chi connectivity index (χ3v) is 0.783. The van der Waals surface area contributed by atoms with Crippen LogP contribution in [0.2, 0.25) is 0 Å². The number of halogens is 1. The second-order valence-electron chi connectivity index (χ2n) is 1.13. The molecular weight excluding hydrogens is 144 g/mol. The van der Waals surface area contributed by atoms with E-state index in [4.69, 9.17) is 22.2 Å².